The first kappa shape index (κ1) is 23.0. The van der Waals surface area contributed by atoms with Crippen LogP contribution in [0, 0.1) is 17.2 Å². The van der Waals surface area contributed by atoms with Gasteiger partial charge in [0.2, 0.25) is 5.91 Å². The lowest BCUT2D eigenvalue weighted by Crippen LogP contribution is -2.40. The molecule has 2 amide bonds. The number of aromatic nitrogens is 2. The van der Waals surface area contributed by atoms with Gasteiger partial charge >= 0.3 is 0 Å². The molecule has 0 aliphatic heterocycles. The van der Waals surface area contributed by atoms with Gasteiger partial charge in [-0.1, -0.05) is 0 Å². The van der Waals surface area contributed by atoms with Gasteiger partial charge < -0.3 is 21.3 Å². The number of amides is 2. The fourth-order valence-electron chi connectivity index (χ4n) is 3.77. The van der Waals surface area contributed by atoms with Gasteiger partial charge in [-0.15, -0.1) is 0 Å². The van der Waals surface area contributed by atoms with E-state index in [9.17, 15) is 9.59 Å². The Labute approximate surface area is 188 Å². The van der Waals surface area contributed by atoms with Gasteiger partial charge in [0.05, 0.1) is 16.8 Å². The molecule has 32 heavy (non-hydrogen) atoms. The molecule has 2 aromatic heterocycles. The van der Waals surface area contributed by atoms with Crippen molar-refractivity contribution in [3.05, 3.63) is 41.7 Å². The zero-order chi connectivity index (χ0) is 23.1. The molecule has 1 aliphatic carbocycles. The topological polar surface area (TPSA) is 132 Å². The Kier molecular flexibility index (Phi) is 7.60. The summed E-state index contributed by atoms with van der Waals surface area (Å²) in [5.74, 6) is 0.994. The molecule has 0 radical (unpaired) electrons. The molecule has 4 N–H and O–H groups in total. The molecule has 9 nitrogen and oxygen atoms in total. The summed E-state index contributed by atoms with van der Waals surface area (Å²) in [7, 11) is 1.66. The molecule has 9 heteroatoms. The molecule has 0 saturated heterocycles. The van der Waals surface area contributed by atoms with Crippen molar-refractivity contribution in [2.75, 3.05) is 17.7 Å². The first-order valence-electron chi connectivity index (χ1n) is 10.8. The average Bonchev–Trinajstić information content (AvgIpc) is 2.79. The third-order valence-corrected chi connectivity index (χ3v) is 5.42. The SMILES string of the molecule is CNC(=O)C1CCC(NC(=O)c2cnc(Nc3ccc(C#N)cn3)cc2NC(C)C)CC1. The molecule has 0 bridgehead atoms. The predicted octanol–water partition coefficient (Wildman–Crippen LogP) is 2.95. The van der Waals surface area contributed by atoms with Gasteiger partial charge in [-0.25, -0.2) is 9.97 Å². The summed E-state index contributed by atoms with van der Waals surface area (Å²) in [4.78, 5) is 33.4. The van der Waals surface area contributed by atoms with Crippen LogP contribution in [0.1, 0.15) is 55.5 Å². The molecular formula is C23H29N7O2. The monoisotopic (exact) mass is 435 g/mol. The summed E-state index contributed by atoms with van der Waals surface area (Å²) in [6.45, 7) is 3.99. The lowest BCUT2D eigenvalue weighted by Gasteiger charge is -2.28. The van der Waals surface area contributed by atoms with Crippen molar-refractivity contribution in [2.24, 2.45) is 5.92 Å². The fraction of sp³-hybridized carbons (Fsp3) is 0.435. The average molecular weight is 436 g/mol. The van der Waals surface area contributed by atoms with Crippen LogP contribution in [-0.2, 0) is 4.79 Å². The van der Waals surface area contributed by atoms with Crippen LogP contribution >= 0.6 is 0 Å². The number of rotatable bonds is 7. The quantitative estimate of drug-likeness (QED) is 0.526. The highest BCUT2D eigenvalue weighted by molar-refractivity contribution is 6.00. The molecule has 168 valence electrons. The van der Waals surface area contributed by atoms with Crippen LogP contribution in [0.3, 0.4) is 0 Å². The van der Waals surface area contributed by atoms with E-state index in [4.69, 9.17) is 5.26 Å². The van der Waals surface area contributed by atoms with E-state index in [2.05, 4.69) is 31.2 Å². The van der Waals surface area contributed by atoms with Crippen molar-refractivity contribution in [1.29, 1.82) is 5.26 Å². The molecule has 0 unspecified atom stereocenters. The fourth-order valence-corrected chi connectivity index (χ4v) is 3.77. The standard InChI is InChI=1S/C23H29N7O2/c1-14(2)28-19-10-21(30-20-9-4-15(11-24)12-26-20)27-13-18(19)23(32)29-17-7-5-16(6-8-17)22(31)25-3/h4,9-10,12-14,16-17H,5-8H2,1-3H3,(H,25,31)(H,29,32)(H2,26,27,28,30). The van der Waals surface area contributed by atoms with Crippen molar-refractivity contribution in [1.82, 2.24) is 20.6 Å². The second-order valence-corrected chi connectivity index (χ2v) is 8.22. The number of pyridine rings is 2. The third kappa shape index (κ3) is 5.94. The largest absolute Gasteiger partial charge is 0.382 e. The van der Waals surface area contributed by atoms with Crippen molar-refractivity contribution in [3.8, 4) is 6.07 Å². The van der Waals surface area contributed by atoms with E-state index in [1.807, 2.05) is 19.9 Å². The molecule has 1 saturated carbocycles. The third-order valence-electron chi connectivity index (χ3n) is 5.42. The molecule has 2 aromatic rings. The highest BCUT2D eigenvalue weighted by atomic mass is 16.2. The lowest BCUT2D eigenvalue weighted by molar-refractivity contribution is -0.125. The lowest BCUT2D eigenvalue weighted by atomic mass is 9.85. The summed E-state index contributed by atoms with van der Waals surface area (Å²) >= 11 is 0. The van der Waals surface area contributed by atoms with E-state index < -0.39 is 0 Å². The van der Waals surface area contributed by atoms with Crippen LogP contribution in [-0.4, -0.2) is 40.9 Å². The Morgan fingerprint density at radius 3 is 2.41 bits per heavy atom. The Balaban J connectivity index is 1.70. The summed E-state index contributed by atoms with van der Waals surface area (Å²) in [6.07, 6.45) is 6.10. The molecule has 0 spiro atoms. The molecule has 1 aliphatic rings. The number of anilines is 3. The van der Waals surface area contributed by atoms with E-state index in [1.165, 1.54) is 6.20 Å². The Morgan fingerprint density at radius 2 is 1.81 bits per heavy atom. The van der Waals surface area contributed by atoms with Gasteiger partial charge in [0, 0.05) is 43.5 Å². The molecule has 2 heterocycles. The van der Waals surface area contributed by atoms with E-state index in [0.717, 1.165) is 25.7 Å². The van der Waals surface area contributed by atoms with E-state index in [0.29, 0.717) is 28.5 Å². The van der Waals surface area contributed by atoms with Crippen LogP contribution in [0.25, 0.3) is 0 Å². The second kappa shape index (κ2) is 10.6. The zero-order valence-electron chi connectivity index (χ0n) is 18.6. The molecular weight excluding hydrogens is 406 g/mol. The molecule has 0 atom stereocenters. The summed E-state index contributed by atoms with van der Waals surface area (Å²) in [5, 5.41) is 21.1. The Hall–Kier alpha value is -3.67. The van der Waals surface area contributed by atoms with Gasteiger partial charge in [-0.3, -0.25) is 9.59 Å². The maximum Gasteiger partial charge on any atom is 0.255 e. The number of nitriles is 1. The summed E-state index contributed by atoms with van der Waals surface area (Å²) in [5.41, 5.74) is 1.61. The number of nitrogens with one attached hydrogen (secondary N) is 4. The normalized spacial score (nSPS) is 17.8. The van der Waals surface area contributed by atoms with Crippen LogP contribution in [0.2, 0.25) is 0 Å². The maximum atomic E-state index is 13.0. The van der Waals surface area contributed by atoms with Crippen molar-refractivity contribution in [2.45, 2.75) is 51.6 Å². The van der Waals surface area contributed by atoms with Crippen LogP contribution < -0.4 is 21.3 Å². The second-order valence-electron chi connectivity index (χ2n) is 8.22. The maximum absolute atomic E-state index is 13.0. The number of hydrogen-bond acceptors (Lipinski definition) is 7. The van der Waals surface area contributed by atoms with Gasteiger partial charge in [-0.2, -0.15) is 5.26 Å². The van der Waals surface area contributed by atoms with Gasteiger partial charge in [0.25, 0.3) is 5.91 Å². The van der Waals surface area contributed by atoms with E-state index in [-0.39, 0.29) is 29.8 Å². The van der Waals surface area contributed by atoms with Crippen LogP contribution in [0.5, 0.6) is 0 Å². The van der Waals surface area contributed by atoms with Crippen molar-refractivity contribution < 1.29 is 9.59 Å². The number of hydrogen-bond donors (Lipinski definition) is 4. The highest BCUT2D eigenvalue weighted by Crippen LogP contribution is 2.26. The number of carbonyl (C=O) groups excluding carboxylic acids is 2. The van der Waals surface area contributed by atoms with Crippen LogP contribution in [0.15, 0.2) is 30.6 Å². The summed E-state index contributed by atoms with van der Waals surface area (Å²) in [6, 6.07) is 7.33. The molecule has 0 aromatic carbocycles. The minimum Gasteiger partial charge on any atom is -0.382 e. The molecule has 3 rings (SSSR count). The van der Waals surface area contributed by atoms with Gasteiger partial charge in [-0.05, 0) is 51.7 Å². The van der Waals surface area contributed by atoms with E-state index >= 15 is 0 Å². The predicted molar refractivity (Wildman–Crippen MR) is 123 cm³/mol. The van der Waals surface area contributed by atoms with E-state index in [1.54, 1.807) is 31.4 Å². The van der Waals surface area contributed by atoms with Gasteiger partial charge in [0.15, 0.2) is 0 Å². The van der Waals surface area contributed by atoms with Gasteiger partial charge in [0.1, 0.15) is 17.7 Å². The number of nitrogens with zero attached hydrogens (tertiary/aromatic N) is 3. The Bertz CT molecular complexity index is 990. The first-order chi connectivity index (χ1) is 15.4. The minimum absolute atomic E-state index is 0.0224. The Morgan fingerprint density at radius 1 is 1.09 bits per heavy atom. The number of carbonyl (C=O) groups is 2. The van der Waals surface area contributed by atoms with Crippen molar-refractivity contribution in [3.63, 3.8) is 0 Å². The minimum atomic E-state index is -0.188. The molecule has 1 fully saturated rings. The van der Waals surface area contributed by atoms with Crippen molar-refractivity contribution >= 4 is 29.1 Å². The zero-order valence-corrected chi connectivity index (χ0v) is 18.6. The van der Waals surface area contributed by atoms with Crippen LogP contribution in [0.4, 0.5) is 17.3 Å². The highest BCUT2D eigenvalue weighted by Gasteiger charge is 2.27. The summed E-state index contributed by atoms with van der Waals surface area (Å²) < 4.78 is 0. The first-order valence-corrected chi connectivity index (χ1v) is 10.8. The smallest absolute Gasteiger partial charge is 0.255 e.